The zero-order valence-corrected chi connectivity index (χ0v) is 18.9. The first-order valence-corrected chi connectivity index (χ1v) is 11.0. The fraction of sp³-hybridized carbons (Fsp3) is 0.391. The SMILES string of the molecule is Cc1ccc2c(C)c(N3CCC(CC#N)CC3)n(-c3ccc(C(F)(F)F)cc3Br)c2n1. The predicted octanol–water partition coefficient (Wildman–Crippen LogP) is 6.55. The van der Waals surface area contributed by atoms with E-state index < -0.39 is 11.7 Å². The second-order valence-corrected chi connectivity index (χ2v) is 8.92. The fourth-order valence-electron chi connectivity index (χ4n) is 4.34. The van der Waals surface area contributed by atoms with Gasteiger partial charge in [-0.1, -0.05) is 0 Å². The highest BCUT2D eigenvalue weighted by molar-refractivity contribution is 9.10. The molecule has 0 unspecified atom stereocenters. The quantitative estimate of drug-likeness (QED) is 0.417. The van der Waals surface area contributed by atoms with E-state index in [1.807, 2.05) is 30.5 Å². The summed E-state index contributed by atoms with van der Waals surface area (Å²) in [5.41, 5.74) is 2.55. The minimum atomic E-state index is -4.41. The fourth-order valence-corrected chi connectivity index (χ4v) is 4.90. The molecule has 0 radical (unpaired) electrons. The lowest BCUT2D eigenvalue weighted by molar-refractivity contribution is -0.137. The van der Waals surface area contributed by atoms with Gasteiger partial charge in [0.2, 0.25) is 0 Å². The molecule has 2 aromatic heterocycles. The molecule has 0 N–H and O–H groups in total. The van der Waals surface area contributed by atoms with E-state index in [0.29, 0.717) is 22.5 Å². The molecule has 0 spiro atoms. The van der Waals surface area contributed by atoms with Crippen LogP contribution in [0.3, 0.4) is 0 Å². The number of pyridine rings is 1. The predicted molar refractivity (Wildman–Crippen MR) is 118 cm³/mol. The van der Waals surface area contributed by atoms with Crippen molar-refractivity contribution in [3.05, 3.63) is 51.6 Å². The van der Waals surface area contributed by atoms with Crippen molar-refractivity contribution in [2.45, 2.75) is 39.3 Å². The third-order valence-corrected chi connectivity index (χ3v) is 6.62. The number of anilines is 1. The smallest absolute Gasteiger partial charge is 0.357 e. The summed E-state index contributed by atoms with van der Waals surface area (Å²) >= 11 is 3.37. The molecule has 8 heteroatoms. The Hall–Kier alpha value is -2.53. The molecule has 1 aromatic carbocycles. The summed E-state index contributed by atoms with van der Waals surface area (Å²) in [6, 6.07) is 9.96. The number of alkyl halides is 3. The molecule has 1 aliphatic rings. The van der Waals surface area contributed by atoms with Crippen molar-refractivity contribution in [2.24, 2.45) is 5.92 Å². The molecule has 3 aromatic rings. The van der Waals surface area contributed by atoms with Crippen LogP contribution in [0.25, 0.3) is 16.7 Å². The van der Waals surface area contributed by atoms with Crippen LogP contribution in [0.15, 0.2) is 34.8 Å². The Balaban J connectivity index is 1.88. The van der Waals surface area contributed by atoms with E-state index in [2.05, 4.69) is 26.9 Å². The van der Waals surface area contributed by atoms with E-state index in [1.165, 1.54) is 6.07 Å². The second-order valence-electron chi connectivity index (χ2n) is 8.06. The molecule has 1 saturated heterocycles. The number of hydrogen-bond acceptors (Lipinski definition) is 3. The molecule has 0 aliphatic carbocycles. The Bertz CT molecular complexity index is 1170. The Morgan fingerprint density at radius 1 is 1.16 bits per heavy atom. The molecule has 0 amide bonds. The molecule has 0 saturated carbocycles. The van der Waals surface area contributed by atoms with Gasteiger partial charge in [-0.3, -0.25) is 4.57 Å². The molecule has 3 heterocycles. The average molecular weight is 491 g/mol. The van der Waals surface area contributed by atoms with Crippen molar-refractivity contribution in [3.63, 3.8) is 0 Å². The number of benzene rings is 1. The van der Waals surface area contributed by atoms with Gasteiger partial charge in [-0.25, -0.2) is 4.98 Å². The molecule has 0 atom stereocenters. The number of nitriles is 1. The van der Waals surface area contributed by atoms with Crippen LogP contribution in [0.5, 0.6) is 0 Å². The highest BCUT2D eigenvalue weighted by atomic mass is 79.9. The van der Waals surface area contributed by atoms with E-state index in [1.54, 1.807) is 0 Å². The van der Waals surface area contributed by atoms with Crippen LogP contribution in [-0.2, 0) is 6.18 Å². The molecule has 4 nitrogen and oxygen atoms in total. The molecule has 162 valence electrons. The first-order valence-electron chi connectivity index (χ1n) is 10.2. The minimum Gasteiger partial charge on any atom is -0.357 e. The van der Waals surface area contributed by atoms with Gasteiger partial charge in [0.25, 0.3) is 0 Å². The van der Waals surface area contributed by atoms with Gasteiger partial charge in [0.15, 0.2) is 0 Å². The van der Waals surface area contributed by atoms with Crippen LogP contribution in [0, 0.1) is 31.1 Å². The number of fused-ring (bicyclic) bond motifs is 1. The second kappa shape index (κ2) is 8.19. The van der Waals surface area contributed by atoms with E-state index in [-0.39, 0.29) is 0 Å². The first-order chi connectivity index (χ1) is 14.7. The lowest BCUT2D eigenvalue weighted by Gasteiger charge is -2.34. The maximum absolute atomic E-state index is 13.2. The highest BCUT2D eigenvalue weighted by Crippen LogP contribution is 2.40. The monoisotopic (exact) mass is 490 g/mol. The number of piperidine rings is 1. The number of aromatic nitrogens is 2. The van der Waals surface area contributed by atoms with Gasteiger partial charge in [0.1, 0.15) is 11.5 Å². The summed E-state index contributed by atoms with van der Waals surface area (Å²) in [6.45, 7) is 5.52. The van der Waals surface area contributed by atoms with Gasteiger partial charge < -0.3 is 4.90 Å². The molecule has 4 rings (SSSR count). The maximum Gasteiger partial charge on any atom is 0.416 e. The summed E-state index contributed by atoms with van der Waals surface area (Å²) < 4.78 is 42.0. The van der Waals surface area contributed by atoms with Crippen LogP contribution in [-0.4, -0.2) is 22.6 Å². The number of nitrogens with zero attached hydrogens (tertiary/aromatic N) is 4. The highest BCUT2D eigenvalue weighted by Gasteiger charge is 2.32. The zero-order chi connectivity index (χ0) is 22.3. The summed E-state index contributed by atoms with van der Waals surface area (Å²) in [6.07, 6.45) is -2.03. The number of aryl methyl sites for hydroxylation is 2. The maximum atomic E-state index is 13.2. The van der Waals surface area contributed by atoms with Gasteiger partial charge >= 0.3 is 6.18 Å². The van der Waals surface area contributed by atoms with Gasteiger partial charge in [-0.2, -0.15) is 18.4 Å². The average Bonchev–Trinajstić information content (AvgIpc) is 2.99. The van der Waals surface area contributed by atoms with E-state index in [9.17, 15) is 13.2 Å². The Morgan fingerprint density at radius 3 is 2.48 bits per heavy atom. The Morgan fingerprint density at radius 2 is 1.87 bits per heavy atom. The summed E-state index contributed by atoms with van der Waals surface area (Å²) in [5.74, 6) is 1.33. The first kappa shape index (κ1) is 21.7. The standard InChI is InChI=1S/C23H22BrF3N4/c1-14-3-5-18-15(2)22(30-11-8-16(7-10-28)9-12-30)31(21(18)29-14)20-6-4-17(13-19(20)24)23(25,26)27/h3-6,13,16H,7-9,11-12H2,1-2H3. The summed E-state index contributed by atoms with van der Waals surface area (Å²) in [4.78, 5) is 7.00. The van der Waals surface area contributed by atoms with Crippen LogP contribution >= 0.6 is 15.9 Å². The number of halogens is 4. The third-order valence-electron chi connectivity index (χ3n) is 5.99. The van der Waals surface area contributed by atoms with Gasteiger partial charge in [-0.05, 0) is 78.9 Å². The largest absolute Gasteiger partial charge is 0.416 e. The van der Waals surface area contributed by atoms with Gasteiger partial charge in [-0.15, -0.1) is 0 Å². The van der Waals surface area contributed by atoms with Crippen molar-refractivity contribution in [2.75, 3.05) is 18.0 Å². The summed E-state index contributed by atoms with van der Waals surface area (Å²) in [5, 5.41) is 9.99. The van der Waals surface area contributed by atoms with Crippen molar-refractivity contribution in [1.82, 2.24) is 9.55 Å². The molecule has 31 heavy (non-hydrogen) atoms. The van der Waals surface area contributed by atoms with Crippen LogP contribution < -0.4 is 4.90 Å². The lowest BCUT2D eigenvalue weighted by Crippen LogP contribution is -2.35. The molecule has 1 aliphatic heterocycles. The van der Waals surface area contributed by atoms with E-state index >= 15 is 0 Å². The molecular formula is C23H22BrF3N4. The van der Waals surface area contributed by atoms with Crippen molar-refractivity contribution < 1.29 is 13.2 Å². The van der Waals surface area contributed by atoms with Crippen molar-refractivity contribution >= 4 is 32.8 Å². The van der Waals surface area contributed by atoms with Crippen molar-refractivity contribution in [3.8, 4) is 11.8 Å². The Labute approximate surface area is 187 Å². The minimum absolute atomic E-state index is 0.364. The zero-order valence-electron chi connectivity index (χ0n) is 17.3. The molecule has 1 fully saturated rings. The van der Waals surface area contributed by atoms with E-state index in [4.69, 9.17) is 10.2 Å². The van der Waals surface area contributed by atoms with Crippen LogP contribution in [0.1, 0.15) is 36.1 Å². The van der Waals surface area contributed by atoms with Crippen molar-refractivity contribution in [1.29, 1.82) is 5.26 Å². The lowest BCUT2D eigenvalue weighted by atomic mass is 9.94. The van der Waals surface area contributed by atoms with E-state index in [0.717, 1.165) is 66.2 Å². The number of hydrogen-bond donors (Lipinski definition) is 0. The topological polar surface area (TPSA) is 44.9 Å². The van der Waals surface area contributed by atoms with Gasteiger partial charge in [0, 0.05) is 40.6 Å². The third kappa shape index (κ3) is 4.03. The normalized spacial score (nSPS) is 15.5. The van der Waals surface area contributed by atoms with Gasteiger partial charge in [0.05, 0.1) is 17.3 Å². The molecule has 0 bridgehead atoms. The summed E-state index contributed by atoms with van der Waals surface area (Å²) in [7, 11) is 0. The number of rotatable bonds is 3. The van der Waals surface area contributed by atoms with Crippen LogP contribution in [0.2, 0.25) is 0 Å². The molecular weight excluding hydrogens is 469 g/mol. The van der Waals surface area contributed by atoms with Crippen LogP contribution in [0.4, 0.5) is 19.0 Å². The Kier molecular flexibility index (Phi) is 5.73.